The van der Waals surface area contributed by atoms with Crippen LogP contribution in [0.1, 0.15) is 71.5 Å². The third-order valence-corrected chi connectivity index (χ3v) is 7.44. The van der Waals surface area contributed by atoms with Gasteiger partial charge in [-0.2, -0.15) is 5.26 Å². The number of carbonyl (C=O) groups is 1. The molecule has 0 spiro atoms. The van der Waals surface area contributed by atoms with Crippen molar-refractivity contribution in [3.63, 3.8) is 0 Å². The summed E-state index contributed by atoms with van der Waals surface area (Å²) >= 11 is 0. The first-order chi connectivity index (χ1) is 16.4. The highest BCUT2D eigenvalue weighted by Gasteiger charge is 2.43. The summed E-state index contributed by atoms with van der Waals surface area (Å²) in [5.74, 6) is 0.725. The topological polar surface area (TPSA) is 87.5 Å². The number of nitrogens with one attached hydrogen (secondary N) is 1. The van der Waals surface area contributed by atoms with Crippen LogP contribution in [0.3, 0.4) is 0 Å². The molecule has 3 heterocycles. The minimum atomic E-state index is -0.196. The largest absolute Gasteiger partial charge is 0.491 e. The van der Waals surface area contributed by atoms with E-state index in [1.165, 1.54) is 16.7 Å². The zero-order valence-electron chi connectivity index (χ0n) is 20.5. The van der Waals surface area contributed by atoms with E-state index in [0.717, 1.165) is 31.4 Å². The summed E-state index contributed by atoms with van der Waals surface area (Å²) < 4.78 is 11.0. The number of hydrogen-bond acceptors (Lipinski definition) is 6. The highest BCUT2D eigenvalue weighted by atomic mass is 16.5. The minimum absolute atomic E-state index is 0.125. The van der Waals surface area contributed by atoms with Gasteiger partial charge in [-0.3, -0.25) is 9.69 Å². The summed E-state index contributed by atoms with van der Waals surface area (Å²) in [4.78, 5) is 19.5. The smallest absolute Gasteiger partial charge is 0.270 e. The number of hydrogen-bond donors (Lipinski definition) is 1. The number of nitrogens with zero attached hydrogens (tertiary/aromatic N) is 3. The number of nitriles is 1. The summed E-state index contributed by atoms with van der Waals surface area (Å²) in [7, 11) is 1.68. The number of aromatic nitrogens is 1. The van der Waals surface area contributed by atoms with Crippen molar-refractivity contribution in [2.45, 2.75) is 70.6 Å². The fraction of sp³-hybridized carbons (Fsp3) is 0.519. The molecule has 2 saturated heterocycles. The number of amides is 1. The quantitative estimate of drug-likeness (QED) is 0.595. The normalized spacial score (nSPS) is 22.7. The van der Waals surface area contributed by atoms with E-state index in [1.54, 1.807) is 25.3 Å². The first kappa shape index (κ1) is 24.2. The molecular formula is C27H34N4O3. The Kier molecular flexibility index (Phi) is 7.50. The van der Waals surface area contributed by atoms with Crippen LogP contribution in [0.2, 0.25) is 0 Å². The molecule has 1 amide bonds. The Morgan fingerprint density at radius 3 is 2.59 bits per heavy atom. The van der Waals surface area contributed by atoms with E-state index < -0.39 is 0 Å². The van der Waals surface area contributed by atoms with Gasteiger partial charge in [-0.05, 0) is 81.3 Å². The first-order valence-corrected chi connectivity index (χ1v) is 12.1. The van der Waals surface area contributed by atoms with Gasteiger partial charge in [0.05, 0.1) is 6.61 Å². The lowest BCUT2D eigenvalue weighted by atomic mass is 9.91. The van der Waals surface area contributed by atoms with E-state index in [-0.39, 0.29) is 17.6 Å². The highest BCUT2D eigenvalue weighted by molar-refractivity contribution is 5.92. The maximum Gasteiger partial charge on any atom is 0.270 e. The average Bonchev–Trinajstić information content (AvgIpc) is 3.11. The zero-order valence-corrected chi connectivity index (χ0v) is 20.5. The van der Waals surface area contributed by atoms with E-state index in [4.69, 9.17) is 14.7 Å². The van der Waals surface area contributed by atoms with Gasteiger partial charge < -0.3 is 14.8 Å². The lowest BCUT2D eigenvalue weighted by molar-refractivity contribution is 0.0687. The van der Waals surface area contributed by atoms with Crippen LogP contribution in [-0.2, 0) is 4.74 Å². The lowest BCUT2D eigenvalue weighted by Crippen LogP contribution is -2.51. The predicted molar refractivity (Wildman–Crippen MR) is 130 cm³/mol. The molecule has 1 N–H and O–H groups in total. The van der Waals surface area contributed by atoms with Gasteiger partial charge in [0.25, 0.3) is 5.91 Å². The van der Waals surface area contributed by atoms with Crippen molar-refractivity contribution in [1.82, 2.24) is 15.2 Å². The maximum atomic E-state index is 12.7. The highest BCUT2D eigenvalue weighted by Crippen LogP contribution is 2.43. The second kappa shape index (κ2) is 10.5. The van der Waals surface area contributed by atoms with Crippen LogP contribution in [0.4, 0.5) is 0 Å². The van der Waals surface area contributed by atoms with Crippen LogP contribution < -0.4 is 10.1 Å². The van der Waals surface area contributed by atoms with E-state index in [1.807, 2.05) is 6.07 Å². The summed E-state index contributed by atoms with van der Waals surface area (Å²) in [5, 5.41) is 12.2. The number of ether oxygens (including phenoxy) is 2. The lowest BCUT2D eigenvalue weighted by Gasteiger charge is -2.43. The van der Waals surface area contributed by atoms with Crippen LogP contribution in [0.25, 0.3) is 0 Å². The van der Waals surface area contributed by atoms with E-state index in [0.29, 0.717) is 37.0 Å². The van der Waals surface area contributed by atoms with Crippen LogP contribution >= 0.6 is 0 Å². The molecule has 2 aromatic rings. The summed E-state index contributed by atoms with van der Waals surface area (Å²) in [6, 6.07) is 12.6. The molecule has 180 valence electrons. The molecule has 7 heteroatoms. The van der Waals surface area contributed by atoms with Gasteiger partial charge in [-0.1, -0.05) is 12.1 Å². The van der Waals surface area contributed by atoms with Crippen molar-refractivity contribution in [2.24, 2.45) is 0 Å². The van der Waals surface area contributed by atoms with Crippen molar-refractivity contribution in [2.75, 3.05) is 20.3 Å². The number of pyridine rings is 1. The van der Waals surface area contributed by atoms with Crippen molar-refractivity contribution in [3.8, 4) is 11.8 Å². The van der Waals surface area contributed by atoms with Crippen LogP contribution in [-0.4, -0.2) is 54.2 Å². The molecule has 2 aliphatic heterocycles. The number of piperidine rings is 1. The van der Waals surface area contributed by atoms with Crippen LogP contribution in [0, 0.1) is 25.2 Å². The SMILES string of the molecule is COCCOc1ccc(C(C)N2C3CCC2CC(NC(=O)c2cccc(C#N)n2)C3)c(C)c1C. The second-order valence-corrected chi connectivity index (χ2v) is 9.41. The van der Waals surface area contributed by atoms with Gasteiger partial charge in [0.1, 0.15) is 29.8 Å². The first-order valence-electron chi connectivity index (χ1n) is 12.1. The molecule has 4 rings (SSSR count). The molecule has 3 unspecified atom stereocenters. The molecule has 2 bridgehead atoms. The third kappa shape index (κ3) is 4.94. The summed E-state index contributed by atoms with van der Waals surface area (Å²) in [5.41, 5.74) is 4.37. The molecule has 2 aliphatic rings. The third-order valence-electron chi connectivity index (χ3n) is 7.44. The fourth-order valence-electron chi connectivity index (χ4n) is 5.67. The molecule has 3 atom stereocenters. The number of methoxy groups -OCH3 is 1. The minimum Gasteiger partial charge on any atom is -0.491 e. The summed E-state index contributed by atoms with van der Waals surface area (Å²) in [6.07, 6.45) is 4.17. The molecule has 0 radical (unpaired) electrons. The number of carbonyl (C=O) groups excluding carboxylic acids is 1. The van der Waals surface area contributed by atoms with E-state index in [2.05, 4.69) is 48.1 Å². The maximum absolute atomic E-state index is 12.7. The Balaban J connectivity index is 1.43. The van der Waals surface area contributed by atoms with Crippen LogP contribution in [0.15, 0.2) is 30.3 Å². The molecule has 1 aromatic heterocycles. The molecule has 0 aliphatic carbocycles. The fourth-order valence-corrected chi connectivity index (χ4v) is 5.67. The molecule has 1 aromatic carbocycles. The predicted octanol–water partition coefficient (Wildman–Crippen LogP) is 4.08. The Labute approximate surface area is 202 Å². The molecule has 2 fully saturated rings. The Morgan fingerprint density at radius 1 is 1.18 bits per heavy atom. The van der Waals surface area contributed by atoms with E-state index >= 15 is 0 Å². The van der Waals surface area contributed by atoms with Gasteiger partial charge in [0.2, 0.25) is 0 Å². The Morgan fingerprint density at radius 2 is 1.91 bits per heavy atom. The average molecular weight is 463 g/mol. The van der Waals surface area contributed by atoms with Gasteiger partial charge in [0.15, 0.2) is 0 Å². The van der Waals surface area contributed by atoms with Crippen molar-refractivity contribution < 1.29 is 14.3 Å². The number of rotatable bonds is 8. The van der Waals surface area contributed by atoms with Gasteiger partial charge in [-0.25, -0.2) is 4.98 Å². The monoisotopic (exact) mass is 462 g/mol. The zero-order chi connectivity index (χ0) is 24.2. The van der Waals surface area contributed by atoms with Crippen molar-refractivity contribution in [3.05, 3.63) is 58.4 Å². The van der Waals surface area contributed by atoms with Gasteiger partial charge >= 0.3 is 0 Å². The van der Waals surface area contributed by atoms with Crippen molar-refractivity contribution in [1.29, 1.82) is 5.26 Å². The standard InChI is InChI=1S/C27H34N4O3/c1-17-18(2)26(34-13-12-33-4)11-10-24(17)19(3)31-22-8-9-23(31)15-21(14-22)30-27(32)25-7-5-6-20(16-28)29-25/h5-7,10-11,19,21-23H,8-9,12-15H2,1-4H3,(H,30,32). The summed E-state index contributed by atoms with van der Waals surface area (Å²) in [6.45, 7) is 7.73. The molecule has 7 nitrogen and oxygen atoms in total. The van der Waals surface area contributed by atoms with Gasteiger partial charge in [0, 0.05) is 31.3 Å². The van der Waals surface area contributed by atoms with Crippen LogP contribution in [0.5, 0.6) is 5.75 Å². The molecule has 0 saturated carbocycles. The molecule has 34 heavy (non-hydrogen) atoms. The second-order valence-electron chi connectivity index (χ2n) is 9.41. The number of fused-ring (bicyclic) bond motifs is 2. The van der Waals surface area contributed by atoms with E-state index in [9.17, 15) is 4.79 Å². The Hall–Kier alpha value is -2.95. The number of benzene rings is 1. The van der Waals surface area contributed by atoms with Gasteiger partial charge in [-0.15, -0.1) is 0 Å². The Bertz CT molecular complexity index is 1070. The van der Waals surface area contributed by atoms with Crippen molar-refractivity contribution >= 4 is 5.91 Å². The molecular weight excluding hydrogens is 428 g/mol.